The van der Waals surface area contributed by atoms with Gasteiger partial charge in [-0.15, -0.1) is 0 Å². The van der Waals surface area contributed by atoms with Crippen molar-refractivity contribution in [2.24, 2.45) is 0 Å². The molecule has 2 aromatic rings. The van der Waals surface area contributed by atoms with E-state index in [4.69, 9.17) is 9.90 Å². The van der Waals surface area contributed by atoms with Gasteiger partial charge in [0.15, 0.2) is 0 Å². The second-order valence-corrected chi connectivity index (χ2v) is 4.84. The summed E-state index contributed by atoms with van der Waals surface area (Å²) in [7, 11) is 0. The molecule has 19 heavy (non-hydrogen) atoms. The van der Waals surface area contributed by atoms with E-state index >= 15 is 0 Å². The number of carbonyl (C=O) groups is 1. The molecule has 0 fully saturated rings. The molecule has 3 heteroatoms. The first-order chi connectivity index (χ1) is 9.08. The molecule has 0 spiro atoms. The third kappa shape index (κ3) is 3.32. The molecule has 3 rings (SSSR count). The molecule has 3 nitrogen and oxygen atoms in total. The molecule has 0 radical (unpaired) electrons. The number of aliphatic hydroxyl groups is 1. The van der Waals surface area contributed by atoms with Gasteiger partial charge in [0.25, 0.3) is 5.97 Å². The highest BCUT2D eigenvalue weighted by molar-refractivity contribution is 5.87. The number of aliphatic carboxylic acids is 1. The normalized spacial score (nSPS) is 17.3. The van der Waals surface area contributed by atoms with Crippen molar-refractivity contribution < 1.29 is 15.0 Å². The maximum absolute atomic E-state index is 9.63. The Bertz CT molecular complexity index is 586. The predicted octanol–water partition coefficient (Wildman–Crippen LogP) is 2.78. The van der Waals surface area contributed by atoms with Gasteiger partial charge in [0, 0.05) is 6.92 Å². The predicted molar refractivity (Wildman–Crippen MR) is 75.3 cm³/mol. The fourth-order valence-electron chi connectivity index (χ4n) is 2.53. The van der Waals surface area contributed by atoms with E-state index in [1.165, 1.54) is 21.9 Å². The second kappa shape index (κ2) is 5.85. The molecule has 100 valence electrons. The topological polar surface area (TPSA) is 57.5 Å². The molecule has 0 saturated heterocycles. The molecule has 0 amide bonds. The molecule has 0 unspecified atom stereocenters. The Balaban J connectivity index is 0.000000297. The summed E-state index contributed by atoms with van der Waals surface area (Å²) in [6, 6.07) is 12.8. The van der Waals surface area contributed by atoms with E-state index in [-0.39, 0.29) is 6.10 Å². The van der Waals surface area contributed by atoms with E-state index in [0.29, 0.717) is 0 Å². The average Bonchev–Trinajstić information content (AvgIpc) is 2.37. The summed E-state index contributed by atoms with van der Waals surface area (Å²) in [5.74, 6) is -0.833. The van der Waals surface area contributed by atoms with Crippen LogP contribution in [0.15, 0.2) is 36.4 Å². The SMILES string of the molecule is CC(=O)O.O[C@H]1CCc2c(ccc3ccccc23)C1. The number of hydrogen-bond donors (Lipinski definition) is 2. The standard InChI is InChI=1S/C14H14O.C2H4O2/c15-12-7-8-14-11(9-12)6-5-10-3-1-2-4-13(10)14;1-2(3)4/h1-6,12,15H,7-9H2;1H3,(H,3,4)/t12-;/m0./s1. The van der Waals surface area contributed by atoms with Crippen molar-refractivity contribution >= 4 is 16.7 Å². The minimum Gasteiger partial charge on any atom is -0.481 e. The van der Waals surface area contributed by atoms with Crippen molar-refractivity contribution in [1.29, 1.82) is 0 Å². The molecule has 0 aromatic heterocycles. The number of carboxylic acids is 1. The number of aliphatic hydroxyl groups excluding tert-OH is 1. The van der Waals surface area contributed by atoms with Crippen molar-refractivity contribution in [3.05, 3.63) is 47.5 Å². The van der Waals surface area contributed by atoms with Crippen LogP contribution in [0.1, 0.15) is 24.5 Å². The van der Waals surface area contributed by atoms with Gasteiger partial charge in [0.1, 0.15) is 0 Å². The lowest BCUT2D eigenvalue weighted by Crippen LogP contribution is -2.18. The van der Waals surface area contributed by atoms with Gasteiger partial charge in [0.05, 0.1) is 6.10 Å². The van der Waals surface area contributed by atoms with Gasteiger partial charge in [-0.25, -0.2) is 0 Å². The third-order valence-electron chi connectivity index (χ3n) is 3.32. The van der Waals surface area contributed by atoms with Gasteiger partial charge < -0.3 is 10.2 Å². The number of carboxylic acid groups (broad SMARTS) is 1. The molecule has 0 bridgehead atoms. The molecular formula is C16H18O3. The van der Waals surface area contributed by atoms with E-state index in [2.05, 4.69) is 36.4 Å². The van der Waals surface area contributed by atoms with Crippen LogP contribution in [0.3, 0.4) is 0 Å². The highest BCUT2D eigenvalue weighted by atomic mass is 16.4. The molecule has 1 atom stereocenters. The zero-order valence-corrected chi connectivity index (χ0v) is 11.0. The van der Waals surface area contributed by atoms with Crippen LogP contribution in [-0.2, 0) is 17.6 Å². The summed E-state index contributed by atoms with van der Waals surface area (Å²) in [6.45, 7) is 1.08. The molecule has 0 aliphatic heterocycles. The zero-order chi connectivity index (χ0) is 13.8. The summed E-state index contributed by atoms with van der Waals surface area (Å²) < 4.78 is 0. The lowest BCUT2D eigenvalue weighted by molar-refractivity contribution is -0.134. The average molecular weight is 258 g/mol. The Morgan fingerprint density at radius 2 is 1.89 bits per heavy atom. The highest BCUT2D eigenvalue weighted by Gasteiger charge is 2.17. The fraction of sp³-hybridized carbons (Fsp3) is 0.312. The molecule has 2 aromatic carbocycles. The van der Waals surface area contributed by atoms with Gasteiger partial charge in [0.2, 0.25) is 0 Å². The van der Waals surface area contributed by atoms with Crippen LogP contribution in [0.25, 0.3) is 10.8 Å². The van der Waals surface area contributed by atoms with E-state index < -0.39 is 5.97 Å². The summed E-state index contributed by atoms with van der Waals surface area (Å²) in [4.78, 5) is 9.00. The Hall–Kier alpha value is -1.87. The monoisotopic (exact) mass is 258 g/mol. The van der Waals surface area contributed by atoms with Crippen molar-refractivity contribution in [2.45, 2.75) is 32.3 Å². The zero-order valence-electron chi connectivity index (χ0n) is 11.0. The Morgan fingerprint density at radius 1 is 1.21 bits per heavy atom. The number of hydrogen-bond acceptors (Lipinski definition) is 2. The van der Waals surface area contributed by atoms with Gasteiger partial charge >= 0.3 is 0 Å². The second-order valence-electron chi connectivity index (χ2n) is 4.84. The van der Waals surface area contributed by atoms with E-state index in [0.717, 1.165) is 26.2 Å². The van der Waals surface area contributed by atoms with Crippen LogP contribution >= 0.6 is 0 Å². The third-order valence-corrected chi connectivity index (χ3v) is 3.32. The first-order valence-corrected chi connectivity index (χ1v) is 6.45. The van der Waals surface area contributed by atoms with Crippen LogP contribution in [0, 0.1) is 0 Å². The van der Waals surface area contributed by atoms with Crippen LogP contribution in [0.2, 0.25) is 0 Å². The maximum atomic E-state index is 9.63. The van der Waals surface area contributed by atoms with Crippen molar-refractivity contribution in [3.8, 4) is 0 Å². The fourth-order valence-corrected chi connectivity index (χ4v) is 2.53. The van der Waals surface area contributed by atoms with Crippen LogP contribution in [-0.4, -0.2) is 22.3 Å². The first kappa shape index (κ1) is 13.6. The molecule has 0 saturated carbocycles. The molecule has 0 heterocycles. The highest BCUT2D eigenvalue weighted by Crippen LogP contribution is 2.28. The number of fused-ring (bicyclic) bond motifs is 3. The lowest BCUT2D eigenvalue weighted by atomic mass is 9.86. The molecule has 2 N–H and O–H groups in total. The van der Waals surface area contributed by atoms with Crippen molar-refractivity contribution in [3.63, 3.8) is 0 Å². The Morgan fingerprint density at radius 3 is 2.63 bits per heavy atom. The lowest BCUT2D eigenvalue weighted by Gasteiger charge is -2.22. The van der Waals surface area contributed by atoms with E-state index in [1.807, 2.05) is 0 Å². The van der Waals surface area contributed by atoms with Gasteiger partial charge in [-0.3, -0.25) is 4.79 Å². The minimum absolute atomic E-state index is 0.140. The first-order valence-electron chi connectivity index (χ1n) is 6.45. The number of rotatable bonds is 0. The summed E-state index contributed by atoms with van der Waals surface area (Å²) >= 11 is 0. The molecule has 1 aliphatic carbocycles. The maximum Gasteiger partial charge on any atom is 0.300 e. The Kier molecular flexibility index (Phi) is 4.17. The van der Waals surface area contributed by atoms with Gasteiger partial charge in [-0.2, -0.15) is 0 Å². The van der Waals surface area contributed by atoms with Crippen LogP contribution < -0.4 is 0 Å². The minimum atomic E-state index is -0.833. The van der Waals surface area contributed by atoms with Crippen molar-refractivity contribution in [1.82, 2.24) is 0 Å². The van der Waals surface area contributed by atoms with E-state index in [1.54, 1.807) is 0 Å². The van der Waals surface area contributed by atoms with Gasteiger partial charge in [-0.05, 0) is 41.2 Å². The van der Waals surface area contributed by atoms with Crippen LogP contribution in [0.4, 0.5) is 0 Å². The quantitative estimate of drug-likeness (QED) is 0.764. The number of aryl methyl sites for hydroxylation is 1. The number of benzene rings is 2. The molecular weight excluding hydrogens is 240 g/mol. The molecule has 1 aliphatic rings. The Labute approximate surface area is 112 Å². The summed E-state index contributed by atoms with van der Waals surface area (Å²) in [5.41, 5.74) is 2.77. The van der Waals surface area contributed by atoms with E-state index in [9.17, 15) is 5.11 Å². The largest absolute Gasteiger partial charge is 0.481 e. The van der Waals surface area contributed by atoms with Crippen LogP contribution in [0.5, 0.6) is 0 Å². The summed E-state index contributed by atoms with van der Waals surface area (Å²) in [5, 5.41) is 19.7. The van der Waals surface area contributed by atoms with Crippen molar-refractivity contribution in [2.75, 3.05) is 0 Å². The van der Waals surface area contributed by atoms with Gasteiger partial charge in [-0.1, -0.05) is 36.4 Å². The smallest absolute Gasteiger partial charge is 0.300 e. The summed E-state index contributed by atoms with van der Waals surface area (Å²) in [6.07, 6.45) is 2.60.